The molecule has 1 aliphatic rings. The Bertz CT molecular complexity index is 388. The fourth-order valence-corrected chi connectivity index (χ4v) is 1.57. The van der Waals surface area contributed by atoms with Gasteiger partial charge < -0.3 is 5.32 Å². The molecule has 14 heavy (non-hydrogen) atoms. The third kappa shape index (κ3) is 1.63. The molecule has 1 heterocycles. The fourth-order valence-electron chi connectivity index (χ4n) is 1.31. The van der Waals surface area contributed by atoms with Crippen molar-refractivity contribution in [2.45, 2.75) is 6.04 Å². The van der Waals surface area contributed by atoms with Crippen molar-refractivity contribution in [3.05, 3.63) is 34.3 Å². The van der Waals surface area contributed by atoms with Gasteiger partial charge in [-0.1, -0.05) is 28.1 Å². The van der Waals surface area contributed by atoms with Gasteiger partial charge in [0.1, 0.15) is 6.04 Å². The van der Waals surface area contributed by atoms with Crippen LogP contribution in [0.3, 0.4) is 0 Å². The summed E-state index contributed by atoms with van der Waals surface area (Å²) in [6.45, 7) is 0. The zero-order valence-electron chi connectivity index (χ0n) is 7.08. The van der Waals surface area contributed by atoms with Crippen LogP contribution in [0.1, 0.15) is 11.6 Å². The van der Waals surface area contributed by atoms with E-state index in [4.69, 9.17) is 0 Å². The molecule has 2 rings (SSSR count). The molecule has 1 fully saturated rings. The Morgan fingerprint density at radius 3 is 2.29 bits per heavy atom. The molecule has 0 saturated carbocycles. The molecule has 4 nitrogen and oxygen atoms in total. The lowest BCUT2D eigenvalue weighted by molar-refractivity contribution is -0.120. The molecular formula is C9H7BrN2O2. The molecule has 0 aromatic heterocycles. The Balaban J connectivity index is 2.27. The van der Waals surface area contributed by atoms with E-state index in [9.17, 15) is 9.59 Å². The van der Waals surface area contributed by atoms with Crippen molar-refractivity contribution in [2.75, 3.05) is 0 Å². The van der Waals surface area contributed by atoms with Crippen LogP contribution in [-0.2, 0) is 4.79 Å². The van der Waals surface area contributed by atoms with Gasteiger partial charge in [0.05, 0.1) is 0 Å². The van der Waals surface area contributed by atoms with Crippen LogP contribution in [0.2, 0.25) is 0 Å². The lowest BCUT2D eigenvalue weighted by Crippen LogP contribution is -2.22. The van der Waals surface area contributed by atoms with Gasteiger partial charge in [0.2, 0.25) is 0 Å². The van der Waals surface area contributed by atoms with E-state index >= 15 is 0 Å². The van der Waals surface area contributed by atoms with Crippen molar-refractivity contribution in [2.24, 2.45) is 0 Å². The summed E-state index contributed by atoms with van der Waals surface area (Å²) in [5, 5.41) is 4.70. The fraction of sp³-hybridized carbons (Fsp3) is 0.111. The van der Waals surface area contributed by atoms with Crippen LogP contribution in [0, 0.1) is 0 Å². The van der Waals surface area contributed by atoms with Crippen molar-refractivity contribution < 1.29 is 9.59 Å². The van der Waals surface area contributed by atoms with Crippen LogP contribution in [-0.4, -0.2) is 11.9 Å². The van der Waals surface area contributed by atoms with Gasteiger partial charge in [-0.2, -0.15) is 0 Å². The third-order valence-electron chi connectivity index (χ3n) is 1.98. The topological polar surface area (TPSA) is 58.2 Å². The highest BCUT2D eigenvalue weighted by Gasteiger charge is 2.30. The average Bonchev–Trinajstić information content (AvgIpc) is 2.47. The van der Waals surface area contributed by atoms with Crippen LogP contribution in [0.4, 0.5) is 4.79 Å². The van der Waals surface area contributed by atoms with Gasteiger partial charge >= 0.3 is 6.03 Å². The second-order valence-corrected chi connectivity index (χ2v) is 3.86. The molecule has 0 unspecified atom stereocenters. The molecule has 0 aliphatic carbocycles. The largest absolute Gasteiger partial charge is 0.322 e. The third-order valence-corrected chi connectivity index (χ3v) is 2.51. The van der Waals surface area contributed by atoms with Crippen LogP contribution in [0.5, 0.6) is 0 Å². The SMILES string of the molecule is O=C1NC(=O)[C@H](c2ccc(Br)cc2)N1. The maximum atomic E-state index is 11.3. The Morgan fingerprint density at radius 1 is 1.14 bits per heavy atom. The summed E-state index contributed by atoms with van der Waals surface area (Å²) < 4.78 is 0.936. The molecule has 1 aliphatic heterocycles. The number of hydrogen-bond donors (Lipinski definition) is 2. The Hall–Kier alpha value is -1.36. The number of urea groups is 1. The van der Waals surface area contributed by atoms with Crippen molar-refractivity contribution in [3.63, 3.8) is 0 Å². The zero-order chi connectivity index (χ0) is 10.1. The number of hydrogen-bond acceptors (Lipinski definition) is 2. The first-order valence-corrected chi connectivity index (χ1v) is 4.83. The summed E-state index contributed by atoms with van der Waals surface area (Å²) in [5.41, 5.74) is 0.775. The number of nitrogens with one attached hydrogen (secondary N) is 2. The molecule has 5 heteroatoms. The number of carbonyl (C=O) groups excluding carboxylic acids is 2. The summed E-state index contributed by atoms with van der Waals surface area (Å²) in [4.78, 5) is 22.1. The van der Waals surface area contributed by atoms with E-state index < -0.39 is 12.1 Å². The van der Waals surface area contributed by atoms with Crippen LogP contribution < -0.4 is 10.6 Å². The minimum Gasteiger partial charge on any atom is -0.322 e. The number of amides is 3. The highest BCUT2D eigenvalue weighted by Crippen LogP contribution is 2.19. The maximum Gasteiger partial charge on any atom is 0.322 e. The Labute approximate surface area is 88.8 Å². The smallest absolute Gasteiger partial charge is 0.322 e. The van der Waals surface area contributed by atoms with Gasteiger partial charge in [0, 0.05) is 4.47 Å². The molecular weight excluding hydrogens is 248 g/mol. The van der Waals surface area contributed by atoms with Gasteiger partial charge in [-0.25, -0.2) is 4.79 Å². The van der Waals surface area contributed by atoms with Crippen LogP contribution in [0.15, 0.2) is 28.7 Å². The molecule has 1 atom stereocenters. The molecule has 72 valence electrons. The van der Waals surface area contributed by atoms with E-state index in [1.54, 1.807) is 12.1 Å². The van der Waals surface area contributed by atoms with Gasteiger partial charge in [-0.05, 0) is 17.7 Å². The number of imide groups is 1. The number of rotatable bonds is 1. The minimum atomic E-state index is -0.560. The average molecular weight is 255 g/mol. The quantitative estimate of drug-likeness (QED) is 0.744. The monoisotopic (exact) mass is 254 g/mol. The highest BCUT2D eigenvalue weighted by molar-refractivity contribution is 9.10. The van der Waals surface area contributed by atoms with Gasteiger partial charge in [0.15, 0.2) is 0 Å². The minimum absolute atomic E-state index is 0.308. The van der Waals surface area contributed by atoms with Crippen LogP contribution >= 0.6 is 15.9 Å². The summed E-state index contributed by atoms with van der Waals surface area (Å²) in [6, 6.07) is 6.23. The van der Waals surface area contributed by atoms with Crippen molar-refractivity contribution in [3.8, 4) is 0 Å². The van der Waals surface area contributed by atoms with Crippen molar-refractivity contribution in [1.82, 2.24) is 10.6 Å². The molecule has 2 N–H and O–H groups in total. The van der Waals surface area contributed by atoms with E-state index in [1.165, 1.54) is 0 Å². The second-order valence-electron chi connectivity index (χ2n) is 2.95. The van der Waals surface area contributed by atoms with E-state index in [1.807, 2.05) is 12.1 Å². The first-order valence-electron chi connectivity index (χ1n) is 4.03. The van der Waals surface area contributed by atoms with E-state index in [0.717, 1.165) is 10.0 Å². The van der Waals surface area contributed by atoms with Crippen molar-refractivity contribution in [1.29, 1.82) is 0 Å². The molecule has 3 amide bonds. The summed E-state index contributed by atoms with van der Waals surface area (Å²) in [5.74, 6) is -0.308. The van der Waals surface area contributed by atoms with Gasteiger partial charge in [0.25, 0.3) is 5.91 Å². The number of benzene rings is 1. The first kappa shape index (κ1) is 9.21. The van der Waals surface area contributed by atoms with E-state index in [0.29, 0.717) is 0 Å². The Morgan fingerprint density at radius 2 is 1.79 bits per heavy atom. The number of carbonyl (C=O) groups is 2. The highest BCUT2D eigenvalue weighted by atomic mass is 79.9. The molecule has 1 aromatic rings. The molecule has 1 saturated heterocycles. The lowest BCUT2D eigenvalue weighted by atomic mass is 10.1. The van der Waals surface area contributed by atoms with Gasteiger partial charge in [-0.3, -0.25) is 10.1 Å². The lowest BCUT2D eigenvalue weighted by Gasteiger charge is -2.06. The summed E-state index contributed by atoms with van der Waals surface area (Å²) >= 11 is 3.29. The van der Waals surface area contributed by atoms with Crippen molar-refractivity contribution >= 4 is 27.9 Å². The molecule has 0 radical (unpaired) electrons. The molecule has 0 spiro atoms. The van der Waals surface area contributed by atoms with Gasteiger partial charge in [-0.15, -0.1) is 0 Å². The Kier molecular flexibility index (Phi) is 2.25. The zero-order valence-corrected chi connectivity index (χ0v) is 8.67. The molecule has 0 bridgehead atoms. The van der Waals surface area contributed by atoms with E-state index in [2.05, 4.69) is 26.6 Å². The van der Waals surface area contributed by atoms with Crippen LogP contribution in [0.25, 0.3) is 0 Å². The normalized spacial score (nSPS) is 20.5. The predicted molar refractivity (Wildman–Crippen MR) is 53.6 cm³/mol. The van der Waals surface area contributed by atoms with E-state index in [-0.39, 0.29) is 5.91 Å². The first-order chi connectivity index (χ1) is 6.66. The maximum absolute atomic E-state index is 11.3. The number of halogens is 1. The summed E-state index contributed by atoms with van der Waals surface area (Å²) in [6.07, 6.45) is 0. The molecule has 1 aromatic carbocycles. The predicted octanol–water partition coefficient (Wildman–Crippen LogP) is 1.33. The second kappa shape index (κ2) is 3.42. The summed E-state index contributed by atoms with van der Waals surface area (Å²) in [7, 11) is 0. The standard InChI is InChI=1S/C9H7BrN2O2/c10-6-3-1-5(2-4-6)7-8(13)12-9(14)11-7/h1-4,7H,(H2,11,12,13,14)/t7-/m0/s1.